The molecule has 2 aliphatic rings. The fourth-order valence-corrected chi connectivity index (χ4v) is 2.94. The maximum Gasteiger partial charge on any atom is 0.307 e. The van der Waals surface area contributed by atoms with E-state index in [1.54, 1.807) is 0 Å². The number of nitrogens with zero attached hydrogens (tertiary/aromatic N) is 2. The highest BCUT2D eigenvalue weighted by molar-refractivity contribution is 5.74. The Morgan fingerprint density at radius 3 is 3.11 bits per heavy atom. The molecule has 3 unspecified atom stereocenters. The summed E-state index contributed by atoms with van der Waals surface area (Å²) < 4.78 is 0. The van der Waals surface area contributed by atoms with Crippen LogP contribution in [0.25, 0.3) is 0 Å². The van der Waals surface area contributed by atoms with E-state index in [0.29, 0.717) is 5.92 Å². The van der Waals surface area contributed by atoms with Crippen molar-refractivity contribution in [2.24, 2.45) is 5.92 Å². The normalized spacial score (nSPS) is 32.4. The second kappa shape index (κ2) is 4.39. The monoisotopic (exact) mass is 249 g/mol. The lowest BCUT2D eigenvalue weighted by Crippen LogP contribution is -2.30. The van der Waals surface area contributed by atoms with Gasteiger partial charge in [0.15, 0.2) is 0 Å². The van der Waals surface area contributed by atoms with E-state index in [9.17, 15) is 4.79 Å². The van der Waals surface area contributed by atoms with Gasteiger partial charge in [0.25, 0.3) is 0 Å². The molecule has 0 bridgehead atoms. The van der Waals surface area contributed by atoms with E-state index >= 15 is 0 Å². The van der Waals surface area contributed by atoms with Crippen molar-refractivity contribution < 1.29 is 9.90 Å². The van der Waals surface area contributed by atoms with Crippen molar-refractivity contribution >= 4 is 5.97 Å². The van der Waals surface area contributed by atoms with Crippen LogP contribution in [0.15, 0.2) is 6.20 Å². The van der Waals surface area contributed by atoms with Crippen LogP contribution in [-0.2, 0) is 4.79 Å². The minimum Gasteiger partial charge on any atom is -0.481 e. The molecule has 1 aliphatic carbocycles. The summed E-state index contributed by atoms with van der Waals surface area (Å²) in [6.07, 6.45) is 5.04. The average molecular weight is 249 g/mol. The lowest BCUT2D eigenvalue weighted by Gasteiger charge is -2.28. The summed E-state index contributed by atoms with van der Waals surface area (Å²) >= 11 is 0. The van der Waals surface area contributed by atoms with Gasteiger partial charge in [-0.1, -0.05) is 0 Å². The lowest BCUT2D eigenvalue weighted by molar-refractivity contribution is -0.138. The zero-order chi connectivity index (χ0) is 12.7. The molecule has 5 nitrogen and oxygen atoms in total. The number of piperidine rings is 1. The van der Waals surface area contributed by atoms with Gasteiger partial charge in [-0.15, -0.1) is 0 Å². The Balaban J connectivity index is 1.68. The van der Waals surface area contributed by atoms with Gasteiger partial charge in [-0.25, -0.2) is 4.98 Å². The van der Waals surface area contributed by atoms with Gasteiger partial charge in [-0.2, -0.15) is 0 Å². The van der Waals surface area contributed by atoms with E-state index in [0.717, 1.165) is 18.8 Å². The SMILES string of the molecule is CN1CCCC(c2cnc(C3CC3C(=O)O)[nH]2)C1. The Bertz CT molecular complexity index is 457. The third kappa shape index (κ3) is 2.14. The first-order valence-corrected chi connectivity index (χ1v) is 6.61. The van der Waals surface area contributed by atoms with Gasteiger partial charge in [0.2, 0.25) is 0 Å². The molecule has 2 fully saturated rings. The Labute approximate surface area is 106 Å². The number of aliphatic carboxylic acids is 1. The fraction of sp³-hybridized carbons (Fsp3) is 0.692. The van der Waals surface area contributed by atoms with Crippen LogP contribution < -0.4 is 0 Å². The van der Waals surface area contributed by atoms with Crippen molar-refractivity contribution in [3.63, 3.8) is 0 Å². The molecule has 3 rings (SSSR count). The van der Waals surface area contributed by atoms with E-state index in [1.807, 2.05) is 6.20 Å². The minimum absolute atomic E-state index is 0.109. The quantitative estimate of drug-likeness (QED) is 0.849. The van der Waals surface area contributed by atoms with Gasteiger partial charge in [0.05, 0.1) is 5.92 Å². The number of hydrogen-bond donors (Lipinski definition) is 2. The molecule has 98 valence electrons. The van der Waals surface area contributed by atoms with E-state index in [1.165, 1.54) is 25.1 Å². The first-order valence-electron chi connectivity index (χ1n) is 6.61. The minimum atomic E-state index is -0.699. The Morgan fingerprint density at radius 1 is 1.61 bits per heavy atom. The molecule has 0 spiro atoms. The third-order valence-electron chi connectivity index (χ3n) is 4.14. The molecule has 5 heteroatoms. The summed E-state index contributed by atoms with van der Waals surface area (Å²) in [7, 11) is 2.14. The van der Waals surface area contributed by atoms with Crippen LogP contribution in [-0.4, -0.2) is 46.1 Å². The van der Waals surface area contributed by atoms with Crippen molar-refractivity contribution in [2.45, 2.75) is 31.1 Å². The second-order valence-electron chi connectivity index (χ2n) is 5.61. The Morgan fingerprint density at radius 2 is 2.44 bits per heavy atom. The average Bonchev–Trinajstić information content (AvgIpc) is 3.00. The van der Waals surface area contributed by atoms with Crippen molar-refractivity contribution in [3.05, 3.63) is 17.7 Å². The molecular formula is C13H19N3O2. The number of hydrogen-bond acceptors (Lipinski definition) is 3. The largest absolute Gasteiger partial charge is 0.481 e. The molecule has 1 saturated heterocycles. The first kappa shape index (κ1) is 11.7. The van der Waals surface area contributed by atoms with E-state index in [-0.39, 0.29) is 11.8 Å². The van der Waals surface area contributed by atoms with Gasteiger partial charge in [0, 0.05) is 30.3 Å². The highest BCUT2D eigenvalue weighted by Gasteiger charge is 2.46. The number of carboxylic acid groups (broad SMARTS) is 1. The van der Waals surface area contributed by atoms with E-state index < -0.39 is 5.97 Å². The maximum atomic E-state index is 10.8. The number of likely N-dealkylation sites (tertiary alicyclic amines) is 1. The van der Waals surface area contributed by atoms with Gasteiger partial charge < -0.3 is 15.0 Å². The molecule has 1 saturated carbocycles. The highest BCUT2D eigenvalue weighted by atomic mass is 16.4. The molecule has 1 aromatic heterocycles. The van der Waals surface area contributed by atoms with Crippen LogP contribution in [0.2, 0.25) is 0 Å². The number of imidazole rings is 1. The van der Waals surface area contributed by atoms with E-state index in [4.69, 9.17) is 5.11 Å². The predicted octanol–water partition coefficient (Wildman–Crippen LogP) is 1.41. The van der Waals surface area contributed by atoms with Gasteiger partial charge >= 0.3 is 5.97 Å². The predicted molar refractivity (Wildman–Crippen MR) is 66.5 cm³/mol. The molecule has 0 aromatic carbocycles. The number of nitrogens with one attached hydrogen (secondary N) is 1. The van der Waals surface area contributed by atoms with E-state index in [2.05, 4.69) is 21.9 Å². The highest BCUT2D eigenvalue weighted by Crippen LogP contribution is 2.46. The molecule has 1 aromatic rings. The number of aromatic amines is 1. The molecule has 18 heavy (non-hydrogen) atoms. The molecule has 2 heterocycles. The van der Waals surface area contributed by atoms with Gasteiger partial charge in [0.1, 0.15) is 5.82 Å². The molecule has 3 atom stereocenters. The number of aromatic nitrogens is 2. The number of likely N-dealkylation sites (N-methyl/N-ethyl adjacent to an activating group) is 1. The molecule has 0 radical (unpaired) electrons. The Kier molecular flexibility index (Phi) is 2.86. The van der Waals surface area contributed by atoms with Crippen LogP contribution in [0.4, 0.5) is 0 Å². The summed E-state index contributed by atoms with van der Waals surface area (Å²) in [4.78, 5) is 20.9. The van der Waals surface area contributed by atoms with Gasteiger partial charge in [-0.05, 0) is 32.9 Å². The standard InChI is InChI=1S/C13H19N3O2/c1-16-4-2-3-8(7-16)11-6-14-12(15-11)9-5-10(9)13(17)18/h6,8-10H,2-5,7H2,1H3,(H,14,15)(H,17,18). The van der Waals surface area contributed by atoms with Crippen LogP contribution in [0.3, 0.4) is 0 Å². The fourth-order valence-electron chi connectivity index (χ4n) is 2.94. The maximum absolute atomic E-state index is 10.8. The summed E-state index contributed by atoms with van der Waals surface area (Å²) in [5.74, 6) is 0.573. The number of carbonyl (C=O) groups is 1. The van der Waals surface area contributed by atoms with Crippen LogP contribution >= 0.6 is 0 Å². The summed E-state index contributed by atoms with van der Waals surface area (Å²) in [5, 5.41) is 8.93. The molecule has 1 aliphatic heterocycles. The summed E-state index contributed by atoms with van der Waals surface area (Å²) in [5.41, 5.74) is 1.17. The molecular weight excluding hydrogens is 230 g/mol. The zero-order valence-corrected chi connectivity index (χ0v) is 10.6. The van der Waals surface area contributed by atoms with Crippen molar-refractivity contribution in [1.29, 1.82) is 0 Å². The Hall–Kier alpha value is -1.36. The van der Waals surface area contributed by atoms with Crippen molar-refractivity contribution in [3.8, 4) is 0 Å². The topological polar surface area (TPSA) is 69.2 Å². The summed E-state index contributed by atoms with van der Waals surface area (Å²) in [6, 6.07) is 0. The summed E-state index contributed by atoms with van der Waals surface area (Å²) in [6.45, 7) is 2.23. The number of rotatable bonds is 3. The van der Waals surface area contributed by atoms with Crippen molar-refractivity contribution in [2.75, 3.05) is 20.1 Å². The molecule has 0 amide bonds. The van der Waals surface area contributed by atoms with Crippen LogP contribution in [0.1, 0.15) is 42.6 Å². The first-order chi connectivity index (χ1) is 8.65. The third-order valence-corrected chi connectivity index (χ3v) is 4.14. The number of carboxylic acids is 1. The second-order valence-corrected chi connectivity index (χ2v) is 5.61. The molecule has 2 N–H and O–H groups in total. The van der Waals surface area contributed by atoms with Crippen LogP contribution in [0, 0.1) is 5.92 Å². The van der Waals surface area contributed by atoms with Crippen molar-refractivity contribution in [1.82, 2.24) is 14.9 Å². The van der Waals surface area contributed by atoms with Crippen LogP contribution in [0.5, 0.6) is 0 Å². The van der Waals surface area contributed by atoms with Gasteiger partial charge in [-0.3, -0.25) is 4.79 Å². The number of H-pyrrole nitrogens is 1. The smallest absolute Gasteiger partial charge is 0.307 e. The lowest BCUT2D eigenvalue weighted by atomic mass is 9.96. The zero-order valence-electron chi connectivity index (χ0n) is 10.6.